The molecule has 0 saturated carbocycles. The highest BCUT2D eigenvalue weighted by Gasteiger charge is 2.14. The molecule has 1 heterocycles. The molecule has 1 rings (SSSR count). The van der Waals surface area contributed by atoms with Gasteiger partial charge < -0.3 is 4.74 Å². The number of rotatable bonds is 4. The van der Waals surface area contributed by atoms with Crippen LogP contribution in [-0.2, 0) is 13.8 Å². The van der Waals surface area contributed by atoms with Gasteiger partial charge in [0.05, 0.1) is 19.0 Å². The second-order valence-corrected chi connectivity index (χ2v) is 6.10. The van der Waals surface area contributed by atoms with Gasteiger partial charge in [-0.1, -0.05) is 6.58 Å². The molecule has 0 aromatic rings. The summed E-state index contributed by atoms with van der Waals surface area (Å²) in [6.45, 7) is 7.30. The monoisotopic (exact) mass is 239 g/mol. The lowest BCUT2D eigenvalue weighted by Gasteiger charge is -2.26. The summed E-state index contributed by atoms with van der Waals surface area (Å²) in [5.41, 5.74) is 0.627. The minimum Gasteiger partial charge on any atom is -0.379 e. The molecule has 1 fully saturated rings. The van der Waals surface area contributed by atoms with Crippen LogP contribution >= 0.6 is 10.7 Å². The molecule has 0 radical (unpaired) electrons. The Balaban J connectivity index is 2.32. The van der Waals surface area contributed by atoms with E-state index in [1.54, 1.807) is 0 Å². The van der Waals surface area contributed by atoms with Gasteiger partial charge in [0.25, 0.3) is 0 Å². The van der Waals surface area contributed by atoms with Crippen LogP contribution in [0, 0.1) is 0 Å². The van der Waals surface area contributed by atoms with E-state index < -0.39 is 9.05 Å². The van der Waals surface area contributed by atoms with Crippen LogP contribution < -0.4 is 0 Å². The summed E-state index contributed by atoms with van der Waals surface area (Å²) in [6.07, 6.45) is 0. The van der Waals surface area contributed by atoms with Crippen LogP contribution in [0.2, 0.25) is 0 Å². The predicted octanol–water partition coefficient (Wildman–Crippen LogP) is 0.443. The summed E-state index contributed by atoms with van der Waals surface area (Å²) in [5.74, 6) is -0.147. The lowest BCUT2D eigenvalue weighted by molar-refractivity contribution is 0.0424. The first-order valence-electron chi connectivity index (χ1n) is 4.36. The van der Waals surface area contributed by atoms with E-state index in [1.165, 1.54) is 0 Å². The molecule has 1 aliphatic rings. The van der Waals surface area contributed by atoms with Crippen molar-refractivity contribution in [1.82, 2.24) is 4.90 Å². The average molecular weight is 240 g/mol. The largest absolute Gasteiger partial charge is 0.379 e. The average Bonchev–Trinajstić information content (AvgIpc) is 2.02. The van der Waals surface area contributed by atoms with Crippen LogP contribution in [0.4, 0.5) is 0 Å². The van der Waals surface area contributed by atoms with Crippen molar-refractivity contribution < 1.29 is 13.2 Å². The molecule has 0 aliphatic carbocycles. The van der Waals surface area contributed by atoms with Crippen LogP contribution in [0.25, 0.3) is 0 Å². The maximum Gasteiger partial charge on any atom is 0.236 e. The van der Waals surface area contributed by atoms with E-state index in [0.717, 1.165) is 13.1 Å². The van der Waals surface area contributed by atoms with Crippen LogP contribution in [0.1, 0.15) is 0 Å². The van der Waals surface area contributed by atoms with Crippen LogP contribution in [-0.4, -0.2) is 51.9 Å². The standard InChI is InChI=1S/C8H14ClNO3S/c1-8(7-14(9,11)12)6-10-2-4-13-5-3-10/h1-7H2. The SMILES string of the molecule is C=C(CN1CCOCC1)CS(=O)(=O)Cl. The molecule has 0 atom stereocenters. The topological polar surface area (TPSA) is 46.6 Å². The molecule has 1 saturated heterocycles. The smallest absolute Gasteiger partial charge is 0.236 e. The van der Waals surface area contributed by atoms with Gasteiger partial charge in [0.15, 0.2) is 0 Å². The molecule has 1 aliphatic heterocycles. The van der Waals surface area contributed by atoms with Gasteiger partial charge in [-0.05, 0) is 5.57 Å². The lowest BCUT2D eigenvalue weighted by Crippen LogP contribution is -2.37. The first-order chi connectivity index (χ1) is 6.47. The summed E-state index contributed by atoms with van der Waals surface area (Å²) in [6, 6.07) is 0. The Kier molecular flexibility index (Phi) is 4.37. The molecule has 0 bridgehead atoms. The highest BCUT2D eigenvalue weighted by molar-refractivity contribution is 8.13. The Morgan fingerprint density at radius 1 is 1.43 bits per heavy atom. The fourth-order valence-electron chi connectivity index (χ4n) is 1.36. The molecule has 0 amide bonds. The van der Waals surface area contributed by atoms with E-state index >= 15 is 0 Å². The van der Waals surface area contributed by atoms with E-state index in [0.29, 0.717) is 25.3 Å². The Morgan fingerprint density at radius 3 is 2.50 bits per heavy atom. The number of halogens is 1. The van der Waals surface area contributed by atoms with Gasteiger partial charge in [-0.2, -0.15) is 0 Å². The van der Waals surface area contributed by atoms with Crippen LogP contribution in [0.3, 0.4) is 0 Å². The van der Waals surface area contributed by atoms with E-state index in [1.807, 2.05) is 0 Å². The number of ether oxygens (including phenoxy) is 1. The minimum absolute atomic E-state index is 0.147. The molecule has 0 aromatic carbocycles. The summed E-state index contributed by atoms with van der Waals surface area (Å²) < 4.78 is 26.7. The normalized spacial score (nSPS) is 19.5. The highest BCUT2D eigenvalue weighted by Crippen LogP contribution is 2.06. The van der Waals surface area contributed by atoms with E-state index in [2.05, 4.69) is 11.5 Å². The third kappa shape index (κ3) is 4.95. The fraction of sp³-hybridized carbons (Fsp3) is 0.750. The Labute approximate surface area is 88.9 Å². The molecule has 82 valence electrons. The number of hydrogen-bond acceptors (Lipinski definition) is 4. The number of hydrogen-bond donors (Lipinski definition) is 0. The molecule has 4 nitrogen and oxygen atoms in total. The van der Waals surface area contributed by atoms with Crippen LogP contribution in [0.15, 0.2) is 12.2 Å². The molecule has 0 spiro atoms. The summed E-state index contributed by atoms with van der Waals surface area (Å²) in [7, 11) is 1.65. The van der Waals surface area contributed by atoms with Crippen molar-refractivity contribution in [2.24, 2.45) is 0 Å². The van der Waals surface area contributed by atoms with Gasteiger partial charge in [-0.25, -0.2) is 8.42 Å². The van der Waals surface area contributed by atoms with Crippen molar-refractivity contribution >= 4 is 19.7 Å². The summed E-state index contributed by atoms with van der Waals surface area (Å²) in [4.78, 5) is 2.11. The van der Waals surface area contributed by atoms with Gasteiger partial charge in [-0.3, -0.25) is 4.90 Å². The zero-order valence-electron chi connectivity index (χ0n) is 7.91. The first kappa shape index (κ1) is 12.0. The van der Waals surface area contributed by atoms with Gasteiger partial charge >= 0.3 is 0 Å². The maximum atomic E-state index is 10.7. The fourth-order valence-corrected chi connectivity index (χ4v) is 2.41. The van der Waals surface area contributed by atoms with Crippen molar-refractivity contribution in [3.63, 3.8) is 0 Å². The third-order valence-electron chi connectivity index (χ3n) is 1.93. The molecule has 6 heteroatoms. The summed E-state index contributed by atoms with van der Waals surface area (Å²) in [5, 5.41) is 0. The molecular formula is C8H14ClNO3S. The van der Waals surface area contributed by atoms with Crippen molar-refractivity contribution in [3.05, 3.63) is 12.2 Å². The van der Waals surface area contributed by atoms with Gasteiger partial charge in [-0.15, -0.1) is 0 Å². The zero-order valence-corrected chi connectivity index (χ0v) is 9.48. The van der Waals surface area contributed by atoms with Crippen molar-refractivity contribution in [1.29, 1.82) is 0 Å². The van der Waals surface area contributed by atoms with Crippen molar-refractivity contribution in [2.45, 2.75) is 0 Å². The highest BCUT2D eigenvalue weighted by atomic mass is 35.7. The lowest BCUT2D eigenvalue weighted by atomic mass is 10.3. The van der Waals surface area contributed by atoms with Gasteiger partial charge in [0.1, 0.15) is 0 Å². The number of nitrogens with zero attached hydrogens (tertiary/aromatic N) is 1. The Morgan fingerprint density at radius 2 is 2.00 bits per heavy atom. The zero-order chi connectivity index (χ0) is 10.6. The quantitative estimate of drug-likeness (QED) is 0.528. The molecular weight excluding hydrogens is 226 g/mol. The van der Waals surface area contributed by atoms with E-state index in [9.17, 15) is 8.42 Å². The maximum absolute atomic E-state index is 10.7. The Hall–Kier alpha value is -0.100. The number of morpholine rings is 1. The van der Waals surface area contributed by atoms with E-state index in [-0.39, 0.29) is 5.75 Å². The predicted molar refractivity (Wildman–Crippen MR) is 56.0 cm³/mol. The van der Waals surface area contributed by atoms with Gasteiger partial charge in [0, 0.05) is 30.3 Å². The van der Waals surface area contributed by atoms with Crippen molar-refractivity contribution in [3.8, 4) is 0 Å². The van der Waals surface area contributed by atoms with E-state index in [4.69, 9.17) is 15.4 Å². The minimum atomic E-state index is -3.46. The molecule has 14 heavy (non-hydrogen) atoms. The third-order valence-corrected chi connectivity index (χ3v) is 3.01. The van der Waals surface area contributed by atoms with Crippen molar-refractivity contribution in [2.75, 3.05) is 38.6 Å². The Bertz CT molecular complexity index is 296. The molecule has 0 unspecified atom stereocenters. The molecule has 0 aromatic heterocycles. The second-order valence-electron chi connectivity index (χ2n) is 3.32. The first-order valence-corrected chi connectivity index (χ1v) is 6.84. The van der Waals surface area contributed by atoms with Gasteiger partial charge in [0.2, 0.25) is 9.05 Å². The van der Waals surface area contributed by atoms with Crippen LogP contribution in [0.5, 0.6) is 0 Å². The molecule has 0 N–H and O–H groups in total. The summed E-state index contributed by atoms with van der Waals surface area (Å²) >= 11 is 0. The second kappa shape index (κ2) is 5.11.